The molecule has 0 spiro atoms. The molecule has 1 aromatic carbocycles. The molecular formula is C16H16F3N3O3S. The molecule has 6 nitrogen and oxygen atoms in total. The number of amides is 2. The summed E-state index contributed by atoms with van der Waals surface area (Å²) in [4.78, 5) is 23.9. The van der Waals surface area contributed by atoms with Crippen molar-refractivity contribution in [1.82, 2.24) is 5.16 Å². The number of nitrogens with zero attached hydrogens (tertiary/aromatic N) is 1. The highest BCUT2D eigenvalue weighted by atomic mass is 32.2. The van der Waals surface area contributed by atoms with Gasteiger partial charge in [-0.15, -0.1) is 11.8 Å². The molecule has 0 aliphatic heterocycles. The molecule has 26 heavy (non-hydrogen) atoms. The SMILES string of the molecule is Cc1cc(NC(=O)C(C)SCC(=O)Nc2cccc(C(F)(F)F)c2)no1. The van der Waals surface area contributed by atoms with Crippen molar-refractivity contribution in [2.24, 2.45) is 0 Å². The molecule has 140 valence electrons. The van der Waals surface area contributed by atoms with Crippen molar-refractivity contribution < 1.29 is 27.3 Å². The quantitative estimate of drug-likeness (QED) is 0.790. The Morgan fingerprint density at radius 2 is 2.00 bits per heavy atom. The molecule has 0 bridgehead atoms. The van der Waals surface area contributed by atoms with Crippen molar-refractivity contribution >= 4 is 35.1 Å². The highest BCUT2D eigenvalue weighted by molar-refractivity contribution is 8.01. The fourth-order valence-electron chi connectivity index (χ4n) is 1.90. The highest BCUT2D eigenvalue weighted by Gasteiger charge is 2.30. The number of aryl methyl sites for hydroxylation is 1. The van der Waals surface area contributed by atoms with E-state index in [9.17, 15) is 22.8 Å². The predicted molar refractivity (Wildman–Crippen MR) is 91.9 cm³/mol. The minimum atomic E-state index is -4.48. The zero-order chi connectivity index (χ0) is 19.3. The summed E-state index contributed by atoms with van der Waals surface area (Å²) in [5.74, 6) is -0.154. The number of alkyl halides is 3. The Bertz CT molecular complexity index is 792. The Balaban J connectivity index is 1.83. The van der Waals surface area contributed by atoms with E-state index >= 15 is 0 Å². The number of aromatic nitrogens is 1. The van der Waals surface area contributed by atoms with E-state index < -0.39 is 22.9 Å². The lowest BCUT2D eigenvalue weighted by atomic mass is 10.2. The second kappa shape index (κ2) is 8.26. The third-order valence-corrected chi connectivity index (χ3v) is 4.33. The number of hydrogen-bond acceptors (Lipinski definition) is 5. The lowest BCUT2D eigenvalue weighted by molar-refractivity contribution is -0.137. The summed E-state index contributed by atoms with van der Waals surface area (Å²) in [5, 5.41) is 7.98. The summed E-state index contributed by atoms with van der Waals surface area (Å²) >= 11 is 1.04. The fraction of sp³-hybridized carbons (Fsp3) is 0.312. The monoisotopic (exact) mass is 387 g/mol. The summed E-state index contributed by atoms with van der Waals surface area (Å²) in [7, 11) is 0. The minimum absolute atomic E-state index is 0.0422. The second-order valence-electron chi connectivity index (χ2n) is 5.39. The lowest BCUT2D eigenvalue weighted by Crippen LogP contribution is -2.25. The van der Waals surface area contributed by atoms with Gasteiger partial charge in [0, 0.05) is 11.8 Å². The van der Waals surface area contributed by atoms with Crippen molar-refractivity contribution in [2.75, 3.05) is 16.4 Å². The van der Waals surface area contributed by atoms with Gasteiger partial charge in [-0.1, -0.05) is 11.2 Å². The van der Waals surface area contributed by atoms with Crippen molar-refractivity contribution in [1.29, 1.82) is 0 Å². The van der Waals surface area contributed by atoms with Gasteiger partial charge >= 0.3 is 6.18 Å². The molecule has 2 amide bonds. The van der Waals surface area contributed by atoms with Crippen molar-refractivity contribution in [2.45, 2.75) is 25.3 Å². The third kappa shape index (κ3) is 5.80. The van der Waals surface area contributed by atoms with Gasteiger partial charge in [0.2, 0.25) is 11.8 Å². The summed E-state index contributed by atoms with van der Waals surface area (Å²) in [6.07, 6.45) is -4.48. The molecule has 1 heterocycles. The van der Waals surface area contributed by atoms with Gasteiger partial charge in [-0.2, -0.15) is 13.2 Å². The van der Waals surface area contributed by atoms with Crippen LogP contribution >= 0.6 is 11.8 Å². The predicted octanol–water partition coefficient (Wildman–Crippen LogP) is 3.70. The molecule has 0 radical (unpaired) electrons. The van der Waals surface area contributed by atoms with Crippen LogP contribution in [0.25, 0.3) is 0 Å². The van der Waals surface area contributed by atoms with Gasteiger partial charge in [-0.25, -0.2) is 0 Å². The number of thioether (sulfide) groups is 1. The van der Waals surface area contributed by atoms with Crippen LogP contribution in [0.3, 0.4) is 0 Å². The molecule has 0 saturated carbocycles. The molecular weight excluding hydrogens is 371 g/mol. The Kier molecular flexibility index (Phi) is 6.30. The zero-order valence-electron chi connectivity index (χ0n) is 13.9. The number of nitrogens with one attached hydrogen (secondary N) is 2. The summed E-state index contributed by atoms with van der Waals surface area (Å²) in [6, 6.07) is 5.89. The molecule has 1 unspecified atom stereocenters. The van der Waals surface area contributed by atoms with Gasteiger partial charge in [0.15, 0.2) is 5.82 Å². The van der Waals surface area contributed by atoms with Gasteiger partial charge < -0.3 is 15.2 Å². The second-order valence-corrected chi connectivity index (χ2v) is 6.72. The van der Waals surface area contributed by atoms with E-state index in [4.69, 9.17) is 4.52 Å². The van der Waals surface area contributed by atoms with Crippen molar-refractivity contribution in [3.63, 3.8) is 0 Å². The van der Waals surface area contributed by atoms with E-state index in [0.29, 0.717) is 5.76 Å². The first-order valence-electron chi connectivity index (χ1n) is 7.48. The number of halogens is 3. The van der Waals surface area contributed by atoms with Crippen LogP contribution in [0.15, 0.2) is 34.9 Å². The van der Waals surface area contributed by atoms with E-state index in [2.05, 4.69) is 15.8 Å². The van der Waals surface area contributed by atoms with Gasteiger partial charge in [0.25, 0.3) is 0 Å². The van der Waals surface area contributed by atoms with E-state index in [-0.39, 0.29) is 23.2 Å². The smallest absolute Gasteiger partial charge is 0.360 e. The largest absolute Gasteiger partial charge is 0.416 e. The van der Waals surface area contributed by atoms with Gasteiger partial charge in [-0.3, -0.25) is 9.59 Å². The van der Waals surface area contributed by atoms with E-state index in [1.165, 1.54) is 12.1 Å². The average Bonchev–Trinajstić information content (AvgIpc) is 2.97. The van der Waals surface area contributed by atoms with Crippen LogP contribution in [0.5, 0.6) is 0 Å². The number of anilines is 2. The normalized spacial score (nSPS) is 12.5. The standard InChI is InChI=1S/C16H16F3N3O3S/c1-9-6-13(22-25-9)21-15(24)10(2)26-8-14(23)20-12-5-3-4-11(7-12)16(17,18)19/h3-7,10H,8H2,1-2H3,(H,20,23)(H,21,22,24). The Morgan fingerprint density at radius 1 is 1.27 bits per heavy atom. The van der Waals surface area contributed by atoms with Crippen LogP contribution in [-0.4, -0.2) is 28.0 Å². The first-order valence-corrected chi connectivity index (χ1v) is 8.53. The Morgan fingerprint density at radius 3 is 2.62 bits per heavy atom. The molecule has 2 rings (SSSR count). The molecule has 1 atom stereocenters. The fourth-order valence-corrected chi connectivity index (χ4v) is 2.58. The summed E-state index contributed by atoms with van der Waals surface area (Å²) in [5.41, 5.74) is -0.806. The number of rotatable bonds is 6. The van der Waals surface area contributed by atoms with Crippen LogP contribution in [0.1, 0.15) is 18.2 Å². The molecule has 0 aliphatic carbocycles. The molecule has 0 saturated heterocycles. The maximum absolute atomic E-state index is 12.7. The minimum Gasteiger partial charge on any atom is -0.360 e. The van der Waals surface area contributed by atoms with Crippen LogP contribution in [0, 0.1) is 6.92 Å². The van der Waals surface area contributed by atoms with E-state index in [0.717, 1.165) is 23.9 Å². The van der Waals surface area contributed by atoms with Crippen LogP contribution < -0.4 is 10.6 Å². The number of carbonyl (C=O) groups excluding carboxylic acids is 2. The lowest BCUT2D eigenvalue weighted by Gasteiger charge is -2.12. The van der Waals surface area contributed by atoms with E-state index in [1.54, 1.807) is 19.9 Å². The Labute approximate surface area is 151 Å². The maximum atomic E-state index is 12.7. The zero-order valence-corrected chi connectivity index (χ0v) is 14.7. The van der Waals surface area contributed by atoms with Gasteiger partial charge in [0.05, 0.1) is 16.6 Å². The highest BCUT2D eigenvalue weighted by Crippen LogP contribution is 2.30. The molecule has 2 N–H and O–H groups in total. The van der Waals surface area contributed by atoms with Crippen LogP contribution in [-0.2, 0) is 15.8 Å². The first kappa shape index (κ1) is 19.8. The van der Waals surface area contributed by atoms with Crippen molar-refractivity contribution in [3.05, 3.63) is 41.7 Å². The van der Waals surface area contributed by atoms with Crippen molar-refractivity contribution in [3.8, 4) is 0 Å². The molecule has 0 fully saturated rings. The molecule has 1 aromatic heterocycles. The van der Waals surface area contributed by atoms with E-state index in [1.807, 2.05) is 0 Å². The van der Waals surface area contributed by atoms with Crippen LogP contribution in [0.4, 0.5) is 24.7 Å². The number of carbonyl (C=O) groups is 2. The molecule has 10 heteroatoms. The van der Waals surface area contributed by atoms with Crippen LogP contribution in [0.2, 0.25) is 0 Å². The third-order valence-electron chi connectivity index (χ3n) is 3.19. The topological polar surface area (TPSA) is 84.2 Å². The van der Waals surface area contributed by atoms with Gasteiger partial charge in [-0.05, 0) is 32.0 Å². The number of hydrogen-bond donors (Lipinski definition) is 2. The molecule has 0 aliphatic rings. The maximum Gasteiger partial charge on any atom is 0.416 e. The summed E-state index contributed by atoms with van der Waals surface area (Å²) < 4.78 is 42.8. The number of benzene rings is 1. The van der Waals surface area contributed by atoms with Gasteiger partial charge in [0.1, 0.15) is 5.76 Å². The molecule has 2 aromatic rings. The first-order chi connectivity index (χ1) is 12.1. The summed E-state index contributed by atoms with van der Waals surface area (Å²) in [6.45, 7) is 3.28. The Hall–Kier alpha value is -2.49. The average molecular weight is 387 g/mol.